The number of hydrogen-bond acceptors (Lipinski definition) is 1. The van der Waals surface area contributed by atoms with E-state index in [9.17, 15) is 0 Å². The van der Waals surface area contributed by atoms with Crippen molar-refractivity contribution >= 4 is 17.0 Å². The molecule has 3 heterocycles. The highest BCUT2D eigenvalue weighted by molar-refractivity contribution is 8.93. The van der Waals surface area contributed by atoms with Crippen molar-refractivity contribution in [3.8, 4) is 0 Å². The Morgan fingerprint density at radius 2 is 1.75 bits per heavy atom. The summed E-state index contributed by atoms with van der Waals surface area (Å²) in [6, 6.07) is 0.840. The van der Waals surface area contributed by atoms with Crippen LogP contribution in [0.1, 0.15) is 6.92 Å². The zero-order chi connectivity index (χ0) is 7.19. The lowest BCUT2D eigenvalue weighted by Crippen LogP contribution is -3.00. The van der Waals surface area contributed by atoms with Crippen molar-refractivity contribution < 1.29 is 21.5 Å². The Morgan fingerprint density at radius 1 is 1.25 bits per heavy atom. The van der Waals surface area contributed by atoms with Crippen molar-refractivity contribution in [2.45, 2.75) is 13.0 Å². The molecule has 4 heteroatoms. The molecule has 0 aromatic heterocycles. The van der Waals surface area contributed by atoms with E-state index in [1.54, 1.807) is 0 Å². The molecule has 0 amide bonds. The Kier molecular flexibility index (Phi) is 4.72. The molecule has 3 aliphatic heterocycles. The van der Waals surface area contributed by atoms with Crippen LogP contribution < -0.4 is 17.0 Å². The number of nitrogens with zero attached hydrogens (tertiary/aromatic N) is 2. The van der Waals surface area contributed by atoms with Gasteiger partial charge in [-0.1, -0.05) is 0 Å². The van der Waals surface area contributed by atoms with Gasteiger partial charge in [-0.05, 0) is 6.92 Å². The van der Waals surface area contributed by atoms with Crippen molar-refractivity contribution in [2.24, 2.45) is 0 Å². The smallest absolute Gasteiger partial charge is 0.0940 e. The minimum absolute atomic E-state index is 0. The van der Waals surface area contributed by atoms with E-state index in [0.29, 0.717) is 0 Å². The van der Waals surface area contributed by atoms with Gasteiger partial charge < -0.3 is 21.5 Å². The summed E-state index contributed by atoms with van der Waals surface area (Å²) in [6.45, 7) is 9.15. The molecule has 0 radical (unpaired) electrons. The van der Waals surface area contributed by atoms with E-state index in [-0.39, 0.29) is 34.0 Å². The minimum Gasteiger partial charge on any atom is -1.00 e. The average molecular weight is 302 g/mol. The number of quaternary nitrogens is 1. The van der Waals surface area contributed by atoms with Crippen LogP contribution in [0, 0.1) is 0 Å². The number of halogens is 2. The van der Waals surface area contributed by atoms with Crippen LogP contribution >= 0.6 is 17.0 Å². The molecule has 3 saturated heterocycles. The van der Waals surface area contributed by atoms with Gasteiger partial charge in [0.05, 0.1) is 32.7 Å². The predicted molar refractivity (Wildman–Crippen MR) is 52.1 cm³/mol. The molecule has 2 bridgehead atoms. The number of likely N-dealkylation sites (N-methyl/N-ethyl adjacent to an activating group) is 1. The Hall–Kier alpha value is 0.880. The molecule has 74 valence electrons. The quantitative estimate of drug-likeness (QED) is 0.456. The van der Waals surface area contributed by atoms with Crippen LogP contribution in [0.5, 0.6) is 0 Å². The molecule has 1 atom stereocenters. The van der Waals surface area contributed by atoms with Crippen molar-refractivity contribution in [2.75, 3.05) is 39.8 Å². The van der Waals surface area contributed by atoms with Gasteiger partial charge in [-0.15, -0.1) is 17.0 Å². The summed E-state index contributed by atoms with van der Waals surface area (Å²) >= 11 is 0. The van der Waals surface area contributed by atoms with Crippen molar-refractivity contribution in [1.29, 1.82) is 0 Å². The maximum Gasteiger partial charge on any atom is 0.0940 e. The monoisotopic (exact) mass is 300 g/mol. The highest BCUT2D eigenvalue weighted by Crippen LogP contribution is 2.20. The molecule has 0 aliphatic carbocycles. The largest absolute Gasteiger partial charge is 1.00 e. The van der Waals surface area contributed by atoms with Crippen molar-refractivity contribution in [3.05, 3.63) is 0 Å². The van der Waals surface area contributed by atoms with Crippen LogP contribution in [0.15, 0.2) is 0 Å². The van der Waals surface area contributed by atoms with Crippen molar-refractivity contribution in [1.82, 2.24) is 4.90 Å². The van der Waals surface area contributed by atoms with Gasteiger partial charge in [-0.3, -0.25) is 4.90 Å². The normalized spacial score (nSPS) is 44.5. The Morgan fingerprint density at radius 3 is 2.00 bits per heavy atom. The second-order valence-electron chi connectivity index (χ2n) is 4.13. The Labute approximate surface area is 96.0 Å². The van der Waals surface area contributed by atoms with E-state index < -0.39 is 0 Å². The van der Waals surface area contributed by atoms with Gasteiger partial charge >= 0.3 is 0 Å². The van der Waals surface area contributed by atoms with Crippen LogP contribution in [0.3, 0.4) is 0 Å². The summed E-state index contributed by atoms with van der Waals surface area (Å²) in [5.41, 5.74) is 0. The summed E-state index contributed by atoms with van der Waals surface area (Å²) < 4.78 is 1.33. The Balaban J connectivity index is 0.000000605. The number of rotatable bonds is 0. The summed E-state index contributed by atoms with van der Waals surface area (Å²) in [4.78, 5) is 2.61. The number of fused-ring (bicyclic) bond motifs is 3. The van der Waals surface area contributed by atoms with Crippen LogP contribution in [0.4, 0.5) is 0 Å². The topological polar surface area (TPSA) is 3.24 Å². The first-order valence-electron chi connectivity index (χ1n) is 4.27. The molecule has 0 aromatic carbocycles. The summed E-state index contributed by atoms with van der Waals surface area (Å²) in [6.07, 6.45) is 0. The molecule has 0 spiro atoms. The fourth-order valence-corrected chi connectivity index (χ4v) is 2.34. The van der Waals surface area contributed by atoms with Crippen LogP contribution in [-0.2, 0) is 0 Å². The van der Waals surface area contributed by atoms with Gasteiger partial charge in [0.15, 0.2) is 0 Å². The Bertz CT molecular complexity index is 144. The van der Waals surface area contributed by atoms with Gasteiger partial charge in [0.2, 0.25) is 0 Å². The number of piperazine rings is 3. The lowest BCUT2D eigenvalue weighted by molar-refractivity contribution is -0.926. The van der Waals surface area contributed by atoms with Gasteiger partial charge in [0.1, 0.15) is 0 Å². The molecule has 0 saturated carbocycles. The van der Waals surface area contributed by atoms with E-state index in [1.165, 1.54) is 37.2 Å². The first kappa shape index (κ1) is 12.9. The van der Waals surface area contributed by atoms with Gasteiger partial charge in [0, 0.05) is 13.1 Å². The summed E-state index contributed by atoms with van der Waals surface area (Å²) in [5, 5.41) is 0. The molecule has 0 N–H and O–H groups in total. The fraction of sp³-hybridized carbons (Fsp3) is 1.00. The summed E-state index contributed by atoms with van der Waals surface area (Å²) in [7, 11) is 2.40. The zero-order valence-corrected chi connectivity index (χ0v) is 11.1. The molecule has 3 fully saturated rings. The first-order chi connectivity index (χ1) is 4.70. The standard InChI is InChI=1S/C8H17N2.2BrH/c1-8-7-10(2)5-3-9(8)4-6-10;;/h8H,3-7H2,1-2H3;2*1H/q+1;;/p-1. The lowest BCUT2D eigenvalue weighted by atomic mass is 10.1. The molecule has 2 nitrogen and oxygen atoms in total. The first-order valence-corrected chi connectivity index (χ1v) is 4.27. The lowest BCUT2D eigenvalue weighted by Gasteiger charge is -2.51. The second-order valence-corrected chi connectivity index (χ2v) is 4.13. The van der Waals surface area contributed by atoms with E-state index in [2.05, 4.69) is 18.9 Å². The van der Waals surface area contributed by atoms with E-state index in [0.717, 1.165) is 6.04 Å². The third-order valence-corrected chi connectivity index (χ3v) is 3.18. The molecular formula is C8H18Br2N2. The van der Waals surface area contributed by atoms with Gasteiger partial charge in [-0.25, -0.2) is 0 Å². The van der Waals surface area contributed by atoms with Crippen LogP contribution in [-0.4, -0.2) is 55.2 Å². The minimum atomic E-state index is 0. The average Bonchev–Trinajstić information content (AvgIpc) is 1.87. The van der Waals surface area contributed by atoms with Gasteiger partial charge in [0.25, 0.3) is 0 Å². The van der Waals surface area contributed by atoms with Crippen LogP contribution in [0.2, 0.25) is 0 Å². The second kappa shape index (κ2) is 4.40. The predicted octanol–water partition coefficient (Wildman–Crippen LogP) is -2.27. The maximum absolute atomic E-state index is 2.61. The molecular weight excluding hydrogens is 284 g/mol. The van der Waals surface area contributed by atoms with Gasteiger partial charge in [-0.2, -0.15) is 0 Å². The highest BCUT2D eigenvalue weighted by Gasteiger charge is 2.38. The molecule has 1 unspecified atom stereocenters. The van der Waals surface area contributed by atoms with E-state index in [4.69, 9.17) is 0 Å². The molecule has 0 aromatic rings. The van der Waals surface area contributed by atoms with E-state index in [1.807, 2.05) is 0 Å². The number of hydrogen-bond donors (Lipinski definition) is 0. The highest BCUT2D eigenvalue weighted by atomic mass is 79.9. The fourth-order valence-electron chi connectivity index (χ4n) is 2.34. The third kappa shape index (κ3) is 2.22. The SMILES string of the molecule is Br.CC1C[N+]2(C)CCN1CC2.[Br-]. The molecule has 3 rings (SSSR count). The zero-order valence-electron chi connectivity index (χ0n) is 7.79. The maximum atomic E-state index is 2.61. The van der Waals surface area contributed by atoms with Crippen molar-refractivity contribution in [3.63, 3.8) is 0 Å². The summed E-state index contributed by atoms with van der Waals surface area (Å²) in [5.74, 6) is 0. The molecule has 12 heavy (non-hydrogen) atoms. The van der Waals surface area contributed by atoms with Crippen LogP contribution in [0.25, 0.3) is 0 Å². The van der Waals surface area contributed by atoms with E-state index >= 15 is 0 Å². The third-order valence-electron chi connectivity index (χ3n) is 3.18. The molecule has 3 aliphatic rings.